The zero-order chi connectivity index (χ0) is 31.9. The molecule has 0 bridgehead atoms. The highest BCUT2D eigenvalue weighted by Crippen LogP contribution is 2.41. The van der Waals surface area contributed by atoms with E-state index in [0.717, 1.165) is 29.8 Å². The maximum Gasteiger partial charge on any atom is 0.303 e. The molecule has 234 valence electrons. The number of nitrogens with one attached hydrogen (secondary N) is 2. The number of carbonyl (C=O) groups is 3. The minimum Gasteiger partial charge on any atom is -0.493 e. The van der Waals surface area contributed by atoms with Gasteiger partial charge in [0.1, 0.15) is 17.3 Å². The third-order valence-electron chi connectivity index (χ3n) is 7.44. The van der Waals surface area contributed by atoms with Gasteiger partial charge in [-0.3, -0.25) is 19.8 Å². The van der Waals surface area contributed by atoms with Gasteiger partial charge < -0.3 is 29.7 Å². The van der Waals surface area contributed by atoms with Crippen molar-refractivity contribution in [3.05, 3.63) is 52.1 Å². The summed E-state index contributed by atoms with van der Waals surface area (Å²) in [5.41, 5.74) is 3.71. The molecule has 2 aromatic carbocycles. The molecule has 0 saturated heterocycles. The van der Waals surface area contributed by atoms with Crippen molar-refractivity contribution in [2.45, 2.75) is 72.3 Å². The van der Waals surface area contributed by atoms with E-state index in [4.69, 9.17) is 20.0 Å². The third kappa shape index (κ3) is 8.06. The molecule has 0 radical (unpaired) electrons. The van der Waals surface area contributed by atoms with Crippen molar-refractivity contribution in [2.75, 3.05) is 45.3 Å². The van der Waals surface area contributed by atoms with Crippen molar-refractivity contribution in [1.82, 2.24) is 10.2 Å². The summed E-state index contributed by atoms with van der Waals surface area (Å²) in [6, 6.07) is 7.22. The SMILES string of the molecule is CCCN(C)c1cc(C(=O)CN2Cc3cc(OCC)c(C(=O)NC)cc3C2=N)cc(C(C)(C)C)c1OCCCCC(=O)O. The van der Waals surface area contributed by atoms with Gasteiger partial charge in [0.05, 0.1) is 31.0 Å². The molecule has 1 aliphatic heterocycles. The summed E-state index contributed by atoms with van der Waals surface area (Å²) in [5, 5.41) is 20.4. The number of unbranched alkanes of at least 4 members (excludes halogenated alkanes) is 1. The quantitative estimate of drug-likeness (QED) is 0.188. The number of hydrogen-bond donors (Lipinski definition) is 3. The first-order valence-corrected chi connectivity index (χ1v) is 14.9. The van der Waals surface area contributed by atoms with Crippen LogP contribution in [0.1, 0.15) is 97.7 Å². The lowest BCUT2D eigenvalue weighted by Gasteiger charge is -2.30. The molecular formula is C33H46N4O6. The van der Waals surface area contributed by atoms with E-state index in [1.807, 2.05) is 26.1 Å². The van der Waals surface area contributed by atoms with Crippen LogP contribution in [0.5, 0.6) is 11.5 Å². The Bertz CT molecular complexity index is 1360. The number of ketones is 1. The second kappa shape index (κ2) is 14.4. The van der Waals surface area contributed by atoms with Crippen molar-refractivity contribution < 1.29 is 29.0 Å². The number of fused-ring (bicyclic) bond motifs is 1. The topological polar surface area (TPSA) is 132 Å². The van der Waals surface area contributed by atoms with E-state index in [0.29, 0.717) is 60.8 Å². The van der Waals surface area contributed by atoms with Crippen LogP contribution in [-0.4, -0.2) is 73.9 Å². The number of aliphatic carboxylic acids is 1. The molecule has 3 rings (SSSR count). The predicted molar refractivity (Wildman–Crippen MR) is 168 cm³/mol. The van der Waals surface area contributed by atoms with E-state index in [-0.39, 0.29) is 35.9 Å². The van der Waals surface area contributed by atoms with Gasteiger partial charge in [0, 0.05) is 50.3 Å². The van der Waals surface area contributed by atoms with Crippen LogP contribution in [0.4, 0.5) is 5.69 Å². The van der Waals surface area contributed by atoms with Gasteiger partial charge in [0.2, 0.25) is 0 Å². The molecule has 2 aromatic rings. The molecule has 0 spiro atoms. The van der Waals surface area contributed by atoms with Crippen molar-refractivity contribution >= 4 is 29.2 Å². The number of nitrogens with zero attached hydrogens (tertiary/aromatic N) is 2. The van der Waals surface area contributed by atoms with E-state index in [1.54, 1.807) is 24.1 Å². The van der Waals surface area contributed by atoms with Crippen LogP contribution < -0.4 is 19.7 Å². The van der Waals surface area contributed by atoms with Gasteiger partial charge in [-0.05, 0) is 61.4 Å². The molecule has 43 heavy (non-hydrogen) atoms. The number of hydrogen-bond acceptors (Lipinski definition) is 7. The smallest absolute Gasteiger partial charge is 0.303 e. The number of anilines is 1. The molecule has 0 atom stereocenters. The highest BCUT2D eigenvalue weighted by atomic mass is 16.5. The van der Waals surface area contributed by atoms with Gasteiger partial charge >= 0.3 is 5.97 Å². The van der Waals surface area contributed by atoms with E-state index in [1.165, 1.54) is 0 Å². The Kier molecular flexibility index (Phi) is 11.2. The van der Waals surface area contributed by atoms with Crippen LogP contribution in [0.2, 0.25) is 0 Å². The summed E-state index contributed by atoms with van der Waals surface area (Å²) in [4.78, 5) is 41.0. The zero-order valence-corrected chi connectivity index (χ0v) is 26.6. The molecule has 3 N–H and O–H groups in total. The molecule has 0 unspecified atom stereocenters. The number of amidine groups is 1. The normalized spacial score (nSPS) is 12.6. The molecule has 1 amide bonds. The number of carboxylic acid groups (broad SMARTS) is 1. The first-order chi connectivity index (χ1) is 20.3. The first-order valence-electron chi connectivity index (χ1n) is 14.9. The van der Waals surface area contributed by atoms with Crippen LogP contribution in [-0.2, 0) is 16.8 Å². The van der Waals surface area contributed by atoms with Gasteiger partial charge in [-0.1, -0.05) is 27.7 Å². The van der Waals surface area contributed by atoms with Crippen molar-refractivity contribution in [1.29, 1.82) is 5.41 Å². The highest BCUT2D eigenvalue weighted by molar-refractivity contribution is 6.08. The number of carboxylic acids is 1. The molecule has 0 saturated carbocycles. The molecule has 0 fully saturated rings. The summed E-state index contributed by atoms with van der Waals surface area (Å²) >= 11 is 0. The van der Waals surface area contributed by atoms with Crippen LogP contribution in [0, 0.1) is 5.41 Å². The maximum absolute atomic E-state index is 13.8. The Morgan fingerprint density at radius 3 is 2.42 bits per heavy atom. The van der Waals surface area contributed by atoms with E-state index in [2.05, 4.69) is 37.9 Å². The van der Waals surface area contributed by atoms with Gasteiger partial charge in [0.15, 0.2) is 5.78 Å². The van der Waals surface area contributed by atoms with Crippen molar-refractivity contribution in [2.24, 2.45) is 0 Å². The Morgan fingerprint density at radius 2 is 1.81 bits per heavy atom. The minimum absolute atomic E-state index is 0.00267. The summed E-state index contributed by atoms with van der Waals surface area (Å²) in [6.07, 6.45) is 2.14. The number of carbonyl (C=O) groups excluding carboxylic acids is 2. The molecule has 10 nitrogen and oxygen atoms in total. The molecule has 1 aliphatic rings. The average Bonchev–Trinajstić information content (AvgIpc) is 3.24. The fourth-order valence-corrected chi connectivity index (χ4v) is 5.19. The standard InChI is InChI=1S/C33H46N4O6/c1-8-13-36(7)26-16-21(15-25(33(3,4)5)30(26)43-14-11-10-12-29(39)40)27(38)20-37-19-22-17-28(42-9-2)24(32(41)35-6)18-23(22)31(37)34/h15-18,34H,8-14,19-20H2,1-7H3,(H,35,41)(H,39,40). The van der Waals surface area contributed by atoms with Crippen LogP contribution in [0.3, 0.4) is 0 Å². The van der Waals surface area contributed by atoms with Crippen LogP contribution in [0.25, 0.3) is 0 Å². The highest BCUT2D eigenvalue weighted by Gasteiger charge is 2.31. The third-order valence-corrected chi connectivity index (χ3v) is 7.44. The Labute approximate surface area is 254 Å². The van der Waals surface area contributed by atoms with E-state index < -0.39 is 5.97 Å². The lowest BCUT2D eigenvalue weighted by atomic mass is 9.84. The fourth-order valence-electron chi connectivity index (χ4n) is 5.19. The molecule has 0 aliphatic carbocycles. The number of benzene rings is 2. The van der Waals surface area contributed by atoms with Crippen LogP contribution >= 0.6 is 0 Å². The summed E-state index contributed by atoms with van der Waals surface area (Å²) in [6.45, 7) is 12.1. The first kappa shape index (κ1) is 33.4. The molecule has 0 aromatic heterocycles. The second-order valence-electron chi connectivity index (χ2n) is 11.9. The molecule has 10 heteroatoms. The van der Waals surface area contributed by atoms with Gasteiger partial charge in [-0.2, -0.15) is 0 Å². The van der Waals surface area contributed by atoms with Crippen molar-refractivity contribution in [3.8, 4) is 11.5 Å². The number of rotatable bonds is 15. The van der Waals surface area contributed by atoms with Gasteiger partial charge in [-0.25, -0.2) is 0 Å². The van der Waals surface area contributed by atoms with E-state index in [9.17, 15) is 14.4 Å². The summed E-state index contributed by atoms with van der Waals surface area (Å²) < 4.78 is 12.0. The Hall–Kier alpha value is -4.08. The lowest BCUT2D eigenvalue weighted by molar-refractivity contribution is -0.137. The van der Waals surface area contributed by atoms with Gasteiger partial charge in [0.25, 0.3) is 5.91 Å². The average molecular weight is 595 g/mol. The number of amides is 1. The Balaban J connectivity index is 1.93. The van der Waals surface area contributed by atoms with E-state index >= 15 is 0 Å². The fraction of sp³-hybridized carbons (Fsp3) is 0.515. The molecule has 1 heterocycles. The van der Waals surface area contributed by atoms with Crippen LogP contribution in [0.15, 0.2) is 24.3 Å². The summed E-state index contributed by atoms with van der Waals surface area (Å²) in [7, 11) is 3.53. The Morgan fingerprint density at radius 1 is 1.09 bits per heavy atom. The second-order valence-corrected chi connectivity index (χ2v) is 11.9. The number of Topliss-reactive ketones (excluding diaryl/α,β-unsaturated/α-hetero) is 1. The minimum atomic E-state index is -0.822. The molecular weight excluding hydrogens is 548 g/mol. The van der Waals surface area contributed by atoms with Crippen molar-refractivity contribution in [3.63, 3.8) is 0 Å². The maximum atomic E-state index is 13.8. The largest absolute Gasteiger partial charge is 0.493 e. The predicted octanol–water partition coefficient (Wildman–Crippen LogP) is 5.25. The summed E-state index contributed by atoms with van der Waals surface area (Å²) in [5.74, 6) is 0.116. The lowest BCUT2D eigenvalue weighted by Crippen LogP contribution is -2.31. The monoisotopic (exact) mass is 594 g/mol. The zero-order valence-electron chi connectivity index (χ0n) is 26.6. The number of ether oxygens (including phenoxy) is 2. The van der Waals surface area contributed by atoms with Gasteiger partial charge in [-0.15, -0.1) is 0 Å².